The maximum Gasteiger partial charge on any atom is 0.311 e. The summed E-state index contributed by atoms with van der Waals surface area (Å²) in [4.78, 5) is 24.5. The van der Waals surface area contributed by atoms with Crippen molar-refractivity contribution in [2.75, 3.05) is 25.5 Å². The molecule has 6 nitrogen and oxygen atoms in total. The number of hydrogen-bond acceptors (Lipinski definition) is 4. The van der Waals surface area contributed by atoms with Crippen LogP contribution >= 0.6 is 15.9 Å². The van der Waals surface area contributed by atoms with Crippen molar-refractivity contribution in [3.05, 3.63) is 33.9 Å². The van der Waals surface area contributed by atoms with Crippen molar-refractivity contribution < 1.29 is 14.5 Å². The van der Waals surface area contributed by atoms with Gasteiger partial charge in [0.15, 0.2) is 0 Å². The molecule has 1 amide bonds. The SMILES string of the molecule is CCCN(CCBr)C(=O)c1cccc([N+](=O)[O-])c1OC. The van der Waals surface area contributed by atoms with Crippen molar-refractivity contribution >= 4 is 27.5 Å². The van der Waals surface area contributed by atoms with Crippen molar-refractivity contribution in [2.45, 2.75) is 13.3 Å². The van der Waals surface area contributed by atoms with Gasteiger partial charge in [-0.1, -0.05) is 28.9 Å². The summed E-state index contributed by atoms with van der Waals surface area (Å²) in [5.74, 6) is -0.245. The Kier molecular flexibility index (Phi) is 6.44. The van der Waals surface area contributed by atoms with E-state index in [-0.39, 0.29) is 22.9 Å². The number of rotatable bonds is 7. The standard InChI is InChI=1S/C13H17BrN2O4/c1-3-8-15(9-7-14)13(17)10-5-4-6-11(16(18)19)12(10)20-2/h4-6H,3,7-9H2,1-2H3. The van der Waals surface area contributed by atoms with Crippen LogP contribution in [0.4, 0.5) is 5.69 Å². The Balaban J connectivity index is 3.20. The fourth-order valence-corrected chi connectivity index (χ4v) is 2.34. The zero-order chi connectivity index (χ0) is 15.1. The average molecular weight is 345 g/mol. The number of carbonyl (C=O) groups excluding carboxylic acids is 1. The highest BCUT2D eigenvalue weighted by atomic mass is 79.9. The highest BCUT2D eigenvalue weighted by molar-refractivity contribution is 9.09. The molecule has 110 valence electrons. The molecule has 1 aromatic rings. The zero-order valence-corrected chi connectivity index (χ0v) is 13.1. The number of hydrogen-bond donors (Lipinski definition) is 0. The van der Waals surface area contributed by atoms with Gasteiger partial charge in [0.05, 0.1) is 17.6 Å². The molecule has 0 aliphatic rings. The molecule has 0 unspecified atom stereocenters. The molecule has 20 heavy (non-hydrogen) atoms. The minimum atomic E-state index is -0.551. The third-order valence-corrected chi connectivity index (χ3v) is 3.12. The number of nitrogens with zero attached hydrogens (tertiary/aromatic N) is 2. The summed E-state index contributed by atoms with van der Waals surface area (Å²) in [6.07, 6.45) is 0.815. The van der Waals surface area contributed by atoms with Gasteiger partial charge in [-0.15, -0.1) is 0 Å². The molecule has 0 N–H and O–H groups in total. The molecule has 0 radical (unpaired) electrons. The van der Waals surface area contributed by atoms with Crippen LogP contribution < -0.4 is 4.74 Å². The molecule has 1 aromatic carbocycles. The number of halogens is 1. The highest BCUT2D eigenvalue weighted by Crippen LogP contribution is 2.31. The van der Waals surface area contributed by atoms with Crippen LogP contribution in [0.2, 0.25) is 0 Å². The molecule has 0 aliphatic carbocycles. The van der Waals surface area contributed by atoms with Gasteiger partial charge in [0.25, 0.3) is 5.91 Å². The second kappa shape index (κ2) is 7.84. The van der Waals surface area contributed by atoms with E-state index >= 15 is 0 Å². The van der Waals surface area contributed by atoms with Gasteiger partial charge in [-0.2, -0.15) is 0 Å². The van der Waals surface area contributed by atoms with E-state index in [1.807, 2.05) is 6.92 Å². The van der Waals surface area contributed by atoms with Crippen LogP contribution in [0, 0.1) is 10.1 Å². The maximum atomic E-state index is 12.5. The molecule has 0 aliphatic heterocycles. The zero-order valence-electron chi connectivity index (χ0n) is 11.5. The molecule has 7 heteroatoms. The summed E-state index contributed by atoms with van der Waals surface area (Å²) in [7, 11) is 1.33. The van der Waals surface area contributed by atoms with Crippen molar-refractivity contribution in [1.82, 2.24) is 4.90 Å². The van der Waals surface area contributed by atoms with E-state index in [4.69, 9.17) is 4.74 Å². The lowest BCUT2D eigenvalue weighted by Gasteiger charge is -2.22. The fourth-order valence-electron chi connectivity index (χ4n) is 1.91. The largest absolute Gasteiger partial charge is 0.490 e. The first-order valence-corrected chi connectivity index (χ1v) is 7.35. The number of carbonyl (C=O) groups is 1. The van der Waals surface area contributed by atoms with Crippen LogP contribution in [0.1, 0.15) is 23.7 Å². The molecule has 0 bridgehead atoms. The Morgan fingerprint density at radius 3 is 2.65 bits per heavy atom. The molecule has 0 saturated carbocycles. The van der Waals surface area contributed by atoms with Gasteiger partial charge in [0.1, 0.15) is 0 Å². The Labute approximate surface area is 126 Å². The van der Waals surface area contributed by atoms with Gasteiger partial charge in [0.2, 0.25) is 5.75 Å². The Bertz CT molecular complexity index is 487. The Hall–Kier alpha value is -1.63. The summed E-state index contributed by atoms with van der Waals surface area (Å²) in [6.45, 7) is 3.11. The minimum Gasteiger partial charge on any atom is -0.490 e. The van der Waals surface area contributed by atoms with E-state index in [2.05, 4.69) is 15.9 Å². The molecule has 0 atom stereocenters. The van der Waals surface area contributed by atoms with Crippen LogP contribution in [-0.4, -0.2) is 41.3 Å². The quantitative estimate of drug-likeness (QED) is 0.433. The Morgan fingerprint density at radius 1 is 1.45 bits per heavy atom. The van der Waals surface area contributed by atoms with E-state index in [1.165, 1.54) is 19.2 Å². The number of benzene rings is 1. The highest BCUT2D eigenvalue weighted by Gasteiger charge is 2.25. The number of amides is 1. The normalized spacial score (nSPS) is 10.2. The summed E-state index contributed by atoms with van der Waals surface area (Å²) in [5.41, 5.74) is 0.0183. The minimum absolute atomic E-state index is 0.0122. The first-order chi connectivity index (χ1) is 9.56. The van der Waals surface area contributed by atoms with Gasteiger partial charge in [-0.05, 0) is 12.5 Å². The summed E-state index contributed by atoms with van der Waals surface area (Å²) >= 11 is 3.30. The third-order valence-electron chi connectivity index (χ3n) is 2.76. The van der Waals surface area contributed by atoms with Crippen molar-refractivity contribution in [3.8, 4) is 5.75 Å². The van der Waals surface area contributed by atoms with Crippen molar-refractivity contribution in [3.63, 3.8) is 0 Å². The summed E-state index contributed by atoms with van der Waals surface area (Å²) < 4.78 is 5.06. The van der Waals surface area contributed by atoms with Crippen LogP contribution in [0.5, 0.6) is 5.75 Å². The van der Waals surface area contributed by atoms with Gasteiger partial charge < -0.3 is 9.64 Å². The predicted octanol–water partition coefficient (Wildman–Crippen LogP) is 2.85. The second-order valence-electron chi connectivity index (χ2n) is 4.10. The third kappa shape index (κ3) is 3.69. The lowest BCUT2D eigenvalue weighted by molar-refractivity contribution is -0.385. The van der Waals surface area contributed by atoms with Crippen LogP contribution in [0.15, 0.2) is 18.2 Å². The summed E-state index contributed by atoms with van der Waals surface area (Å²) in [6, 6.07) is 4.36. The second-order valence-corrected chi connectivity index (χ2v) is 4.89. The van der Waals surface area contributed by atoms with Crippen LogP contribution in [0.25, 0.3) is 0 Å². The van der Waals surface area contributed by atoms with E-state index in [0.717, 1.165) is 6.42 Å². The monoisotopic (exact) mass is 344 g/mol. The van der Waals surface area contributed by atoms with Gasteiger partial charge in [-0.25, -0.2) is 0 Å². The number of para-hydroxylation sites is 1. The molecule has 0 spiro atoms. The molecule has 0 heterocycles. The van der Waals surface area contributed by atoms with Gasteiger partial charge in [0, 0.05) is 24.5 Å². The maximum absolute atomic E-state index is 12.5. The summed E-state index contributed by atoms with van der Waals surface area (Å²) in [5, 5.41) is 11.6. The van der Waals surface area contributed by atoms with E-state index < -0.39 is 4.92 Å². The molecule has 0 saturated heterocycles. The first kappa shape index (κ1) is 16.4. The number of nitro groups is 1. The van der Waals surface area contributed by atoms with Crippen LogP contribution in [-0.2, 0) is 0 Å². The number of ether oxygens (including phenoxy) is 1. The molecule has 0 aromatic heterocycles. The number of methoxy groups -OCH3 is 1. The average Bonchev–Trinajstić information content (AvgIpc) is 2.45. The van der Waals surface area contributed by atoms with Crippen LogP contribution in [0.3, 0.4) is 0 Å². The predicted molar refractivity (Wildman–Crippen MR) is 79.6 cm³/mol. The van der Waals surface area contributed by atoms with E-state index in [0.29, 0.717) is 18.4 Å². The van der Waals surface area contributed by atoms with Gasteiger partial charge in [-0.3, -0.25) is 14.9 Å². The lowest BCUT2D eigenvalue weighted by atomic mass is 10.1. The van der Waals surface area contributed by atoms with E-state index in [9.17, 15) is 14.9 Å². The number of nitro benzene ring substituents is 1. The molecular weight excluding hydrogens is 328 g/mol. The topological polar surface area (TPSA) is 72.7 Å². The molecule has 0 fully saturated rings. The molecule has 1 rings (SSSR count). The smallest absolute Gasteiger partial charge is 0.311 e. The molecular formula is C13H17BrN2O4. The fraction of sp³-hybridized carbons (Fsp3) is 0.462. The first-order valence-electron chi connectivity index (χ1n) is 6.23. The van der Waals surface area contributed by atoms with Crippen molar-refractivity contribution in [2.24, 2.45) is 0 Å². The lowest BCUT2D eigenvalue weighted by Crippen LogP contribution is -2.33. The number of alkyl halides is 1. The van der Waals surface area contributed by atoms with E-state index in [1.54, 1.807) is 11.0 Å². The van der Waals surface area contributed by atoms with Gasteiger partial charge >= 0.3 is 5.69 Å². The Morgan fingerprint density at radius 2 is 2.15 bits per heavy atom. The van der Waals surface area contributed by atoms with Crippen molar-refractivity contribution in [1.29, 1.82) is 0 Å².